The van der Waals surface area contributed by atoms with Crippen LogP contribution in [0.2, 0.25) is 0 Å². The lowest BCUT2D eigenvalue weighted by Gasteiger charge is -2.23. The number of pyridine rings is 1. The molecule has 24 heavy (non-hydrogen) atoms. The van der Waals surface area contributed by atoms with Gasteiger partial charge in [-0.1, -0.05) is 0 Å². The molecule has 1 aliphatic heterocycles. The molecule has 1 fully saturated rings. The molecule has 1 amide bonds. The number of rotatable bonds is 6. The summed E-state index contributed by atoms with van der Waals surface area (Å²) in [7, 11) is 1.63. The number of carbonyl (C=O) groups excluding carboxylic acids is 1. The maximum Gasteiger partial charge on any atom is 0.255 e. The molecule has 2 aromatic rings. The number of imidazole rings is 1. The minimum atomic E-state index is -0.0374. The fourth-order valence-electron chi connectivity index (χ4n) is 3.05. The lowest BCUT2D eigenvalue weighted by molar-refractivity contribution is 0.0704. The number of nitrogens with zero attached hydrogens (tertiary/aromatic N) is 4. The van der Waals surface area contributed by atoms with Crippen LogP contribution in [0.15, 0.2) is 18.6 Å². The first-order valence-corrected chi connectivity index (χ1v) is 8.43. The summed E-state index contributed by atoms with van der Waals surface area (Å²) in [6, 6.07) is 2.20. The van der Waals surface area contributed by atoms with Crippen LogP contribution in [0.4, 0.5) is 0 Å². The van der Waals surface area contributed by atoms with Gasteiger partial charge in [0, 0.05) is 45.7 Å². The third-order valence-corrected chi connectivity index (χ3v) is 4.48. The Hall–Kier alpha value is -1.99. The summed E-state index contributed by atoms with van der Waals surface area (Å²) in [5.74, 6) is -0.0374. The smallest absolute Gasteiger partial charge is 0.255 e. The lowest BCUT2D eigenvalue weighted by atomic mass is 10.1. The molecular formula is C17H24N4O3. The van der Waals surface area contributed by atoms with Gasteiger partial charge in [-0.2, -0.15) is 0 Å². The number of likely N-dealkylation sites (N-methyl/N-ethyl adjacent to an activating group) is 1. The molecule has 3 rings (SSSR count). The first kappa shape index (κ1) is 16.9. The van der Waals surface area contributed by atoms with Gasteiger partial charge in [0.05, 0.1) is 18.5 Å². The number of carbonyl (C=O) groups is 1. The van der Waals surface area contributed by atoms with Crippen molar-refractivity contribution in [3.63, 3.8) is 0 Å². The molecule has 7 nitrogen and oxygen atoms in total. The largest absolute Gasteiger partial charge is 0.383 e. The Bertz CT molecular complexity index is 694. The van der Waals surface area contributed by atoms with E-state index in [1.165, 1.54) is 0 Å². The number of hydrogen-bond acceptors (Lipinski definition) is 5. The van der Waals surface area contributed by atoms with Gasteiger partial charge >= 0.3 is 0 Å². The molecule has 0 spiro atoms. The normalized spacial score (nSPS) is 15.8. The molecule has 7 heteroatoms. The molecule has 0 unspecified atom stereocenters. The summed E-state index contributed by atoms with van der Waals surface area (Å²) in [6.07, 6.45) is 5.41. The van der Waals surface area contributed by atoms with E-state index in [2.05, 4.69) is 14.5 Å². The predicted octanol–water partition coefficient (Wildman–Crippen LogP) is 1.89. The van der Waals surface area contributed by atoms with Crippen LogP contribution in [0, 0.1) is 0 Å². The Kier molecular flexibility index (Phi) is 5.42. The van der Waals surface area contributed by atoms with Crippen molar-refractivity contribution in [3.05, 3.63) is 24.2 Å². The standard InChI is InChI=1S/C17H24N4O3/c1-3-20(6-9-23-2)17(22)13-10-15-16(18-11-13)21(12-19-15)14-4-7-24-8-5-14/h10-12,14H,3-9H2,1-2H3. The van der Waals surface area contributed by atoms with Crippen LogP contribution in [0.25, 0.3) is 11.2 Å². The Morgan fingerprint density at radius 3 is 2.92 bits per heavy atom. The van der Waals surface area contributed by atoms with Crippen molar-refractivity contribution in [2.75, 3.05) is 40.0 Å². The number of hydrogen-bond donors (Lipinski definition) is 0. The van der Waals surface area contributed by atoms with Crippen LogP contribution in [-0.4, -0.2) is 65.4 Å². The molecule has 0 atom stereocenters. The van der Waals surface area contributed by atoms with Gasteiger partial charge in [-0.15, -0.1) is 0 Å². The Labute approximate surface area is 141 Å². The van der Waals surface area contributed by atoms with Crippen LogP contribution in [0.3, 0.4) is 0 Å². The van der Waals surface area contributed by atoms with E-state index in [0.29, 0.717) is 31.3 Å². The maximum atomic E-state index is 12.6. The minimum absolute atomic E-state index is 0.0374. The highest BCUT2D eigenvalue weighted by atomic mass is 16.5. The molecule has 0 bridgehead atoms. The third-order valence-electron chi connectivity index (χ3n) is 4.48. The van der Waals surface area contributed by atoms with Crippen molar-refractivity contribution in [3.8, 4) is 0 Å². The van der Waals surface area contributed by atoms with Gasteiger partial charge in [0.2, 0.25) is 0 Å². The van der Waals surface area contributed by atoms with Crippen molar-refractivity contribution in [1.82, 2.24) is 19.4 Å². The summed E-state index contributed by atoms with van der Waals surface area (Å²) >= 11 is 0. The minimum Gasteiger partial charge on any atom is -0.383 e. The molecule has 0 radical (unpaired) electrons. The van der Waals surface area contributed by atoms with Gasteiger partial charge in [-0.05, 0) is 25.8 Å². The van der Waals surface area contributed by atoms with Crippen LogP contribution in [-0.2, 0) is 9.47 Å². The van der Waals surface area contributed by atoms with Crippen LogP contribution >= 0.6 is 0 Å². The molecule has 130 valence electrons. The highest BCUT2D eigenvalue weighted by molar-refractivity contribution is 5.96. The van der Waals surface area contributed by atoms with Crippen LogP contribution < -0.4 is 0 Å². The van der Waals surface area contributed by atoms with E-state index < -0.39 is 0 Å². The van der Waals surface area contributed by atoms with Crippen LogP contribution in [0.1, 0.15) is 36.2 Å². The molecule has 0 N–H and O–H groups in total. The highest BCUT2D eigenvalue weighted by Gasteiger charge is 2.20. The van der Waals surface area contributed by atoms with Gasteiger partial charge in [-0.25, -0.2) is 9.97 Å². The van der Waals surface area contributed by atoms with Crippen molar-refractivity contribution >= 4 is 17.1 Å². The summed E-state index contributed by atoms with van der Waals surface area (Å²) in [5.41, 5.74) is 2.16. The van der Waals surface area contributed by atoms with E-state index >= 15 is 0 Å². The molecule has 2 aromatic heterocycles. The number of fused-ring (bicyclic) bond motifs is 1. The molecular weight excluding hydrogens is 308 g/mol. The van der Waals surface area contributed by atoms with Gasteiger partial charge < -0.3 is 18.9 Å². The van der Waals surface area contributed by atoms with Gasteiger partial charge in [0.1, 0.15) is 5.52 Å². The average molecular weight is 332 g/mol. The molecule has 0 aromatic carbocycles. The van der Waals surface area contributed by atoms with Crippen molar-refractivity contribution < 1.29 is 14.3 Å². The number of ether oxygens (including phenoxy) is 2. The highest BCUT2D eigenvalue weighted by Crippen LogP contribution is 2.25. The fourth-order valence-corrected chi connectivity index (χ4v) is 3.05. The number of methoxy groups -OCH3 is 1. The van der Waals surface area contributed by atoms with Crippen molar-refractivity contribution in [1.29, 1.82) is 0 Å². The van der Waals surface area contributed by atoms with Crippen molar-refractivity contribution in [2.24, 2.45) is 0 Å². The summed E-state index contributed by atoms with van der Waals surface area (Å²) in [5, 5.41) is 0. The Morgan fingerprint density at radius 1 is 1.42 bits per heavy atom. The average Bonchev–Trinajstić information content (AvgIpc) is 3.06. The molecule has 3 heterocycles. The quantitative estimate of drug-likeness (QED) is 0.808. The summed E-state index contributed by atoms with van der Waals surface area (Å²) in [6.45, 7) is 5.22. The zero-order valence-corrected chi connectivity index (χ0v) is 14.3. The first-order valence-electron chi connectivity index (χ1n) is 8.43. The monoisotopic (exact) mass is 332 g/mol. The second-order valence-electron chi connectivity index (χ2n) is 5.94. The van der Waals surface area contributed by atoms with E-state index in [1.807, 2.05) is 19.3 Å². The van der Waals surface area contributed by atoms with E-state index in [0.717, 1.165) is 37.2 Å². The fraction of sp³-hybridized carbons (Fsp3) is 0.588. The predicted molar refractivity (Wildman–Crippen MR) is 90.1 cm³/mol. The number of aromatic nitrogens is 3. The van der Waals surface area contributed by atoms with E-state index in [-0.39, 0.29) is 5.91 Å². The first-order chi connectivity index (χ1) is 11.7. The molecule has 1 saturated heterocycles. The zero-order valence-electron chi connectivity index (χ0n) is 14.3. The summed E-state index contributed by atoms with van der Waals surface area (Å²) in [4.78, 5) is 23.3. The van der Waals surface area contributed by atoms with Crippen LogP contribution in [0.5, 0.6) is 0 Å². The van der Waals surface area contributed by atoms with E-state index in [1.54, 1.807) is 18.2 Å². The molecule has 0 aliphatic carbocycles. The molecule has 1 aliphatic rings. The van der Waals surface area contributed by atoms with E-state index in [9.17, 15) is 4.79 Å². The van der Waals surface area contributed by atoms with Gasteiger partial charge in [0.25, 0.3) is 5.91 Å². The van der Waals surface area contributed by atoms with Gasteiger partial charge in [0.15, 0.2) is 5.65 Å². The second-order valence-corrected chi connectivity index (χ2v) is 5.94. The summed E-state index contributed by atoms with van der Waals surface area (Å²) < 4.78 is 12.6. The Morgan fingerprint density at radius 2 is 2.21 bits per heavy atom. The van der Waals surface area contributed by atoms with Crippen molar-refractivity contribution in [2.45, 2.75) is 25.8 Å². The van der Waals surface area contributed by atoms with Gasteiger partial charge in [-0.3, -0.25) is 4.79 Å². The maximum absolute atomic E-state index is 12.6. The SMILES string of the molecule is CCN(CCOC)C(=O)c1cnc2c(c1)ncn2C1CCOCC1. The number of amides is 1. The molecule has 0 saturated carbocycles. The zero-order chi connectivity index (χ0) is 16.9. The van der Waals surface area contributed by atoms with E-state index in [4.69, 9.17) is 9.47 Å². The lowest BCUT2D eigenvalue weighted by Crippen LogP contribution is -2.33. The Balaban J connectivity index is 1.82. The topological polar surface area (TPSA) is 69.5 Å². The second kappa shape index (κ2) is 7.72. The third kappa shape index (κ3) is 3.42.